The van der Waals surface area contributed by atoms with Crippen LogP contribution in [0.4, 0.5) is 17.1 Å². The van der Waals surface area contributed by atoms with Crippen molar-refractivity contribution in [3.05, 3.63) is 65.7 Å². The summed E-state index contributed by atoms with van der Waals surface area (Å²) in [5, 5.41) is 18.3. The molecular formula is C20H25N5O4S. The maximum atomic E-state index is 13.1. The Bertz CT molecular complexity index is 1220. The van der Waals surface area contributed by atoms with Crippen molar-refractivity contribution < 1.29 is 5.11 Å². The average Bonchev–Trinajstić information content (AvgIpc) is 3.25. The second-order valence-electron chi connectivity index (χ2n) is 7.06. The first-order valence-corrected chi connectivity index (χ1v) is 10.4. The zero-order valence-electron chi connectivity index (χ0n) is 17.3. The van der Waals surface area contributed by atoms with E-state index in [1.165, 1.54) is 41.3 Å². The summed E-state index contributed by atoms with van der Waals surface area (Å²) in [5.41, 5.74) is -0.966. The van der Waals surface area contributed by atoms with Crippen LogP contribution < -0.4 is 27.3 Å². The normalized spacial score (nSPS) is 12.0. The fourth-order valence-corrected chi connectivity index (χ4v) is 3.96. The summed E-state index contributed by atoms with van der Waals surface area (Å²) in [4.78, 5) is 38.8. The molecule has 9 nitrogen and oxygen atoms in total. The molecule has 3 heterocycles. The van der Waals surface area contributed by atoms with Crippen LogP contribution in [-0.2, 0) is 21.1 Å². The quantitative estimate of drug-likeness (QED) is 0.529. The number of nitrogens with one attached hydrogen (secondary N) is 2. The Labute approximate surface area is 176 Å². The first-order chi connectivity index (χ1) is 14.2. The molecule has 0 unspecified atom stereocenters. The van der Waals surface area contributed by atoms with E-state index in [0.29, 0.717) is 0 Å². The molecule has 0 amide bonds. The highest BCUT2D eigenvalue weighted by Gasteiger charge is 2.22. The van der Waals surface area contributed by atoms with Gasteiger partial charge in [0.1, 0.15) is 17.1 Å². The van der Waals surface area contributed by atoms with Gasteiger partial charge in [-0.2, -0.15) is 0 Å². The summed E-state index contributed by atoms with van der Waals surface area (Å²) in [6, 6.07) is 4.82. The maximum Gasteiger partial charge on any atom is 0.290 e. The number of thiophene rings is 1. The lowest BCUT2D eigenvalue weighted by Gasteiger charge is -2.22. The van der Waals surface area contributed by atoms with Gasteiger partial charge in [0.15, 0.2) is 0 Å². The van der Waals surface area contributed by atoms with E-state index in [2.05, 4.69) is 10.6 Å². The van der Waals surface area contributed by atoms with Crippen molar-refractivity contribution in [2.45, 2.75) is 25.8 Å². The number of aromatic nitrogens is 3. The summed E-state index contributed by atoms with van der Waals surface area (Å²) in [5.74, 6) is -0.310. The van der Waals surface area contributed by atoms with Crippen LogP contribution in [0, 0.1) is 0 Å². The Balaban J connectivity index is 2.15. The van der Waals surface area contributed by atoms with Crippen LogP contribution in [0.25, 0.3) is 0 Å². The van der Waals surface area contributed by atoms with Crippen molar-refractivity contribution in [1.82, 2.24) is 13.9 Å². The van der Waals surface area contributed by atoms with Crippen molar-refractivity contribution in [2.24, 2.45) is 21.1 Å². The smallest absolute Gasteiger partial charge is 0.290 e. The lowest BCUT2D eigenvalue weighted by atomic mass is 10.1. The van der Waals surface area contributed by atoms with Crippen LogP contribution in [0.5, 0.6) is 5.75 Å². The lowest BCUT2D eigenvalue weighted by molar-refractivity contribution is 0.474. The van der Waals surface area contributed by atoms with Crippen molar-refractivity contribution in [3.63, 3.8) is 0 Å². The molecule has 0 saturated carbocycles. The van der Waals surface area contributed by atoms with E-state index in [0.717, 1.165) is 23.8 Å². The Morgan fingerprint density at radius 3 is 2.37 bits per heavy atom. The number of hydrogen-bond acceptors (Lipinski definition) is 7. The molecule has 0 aliphatic rings. The molecule has 0 bridgehead atoms. The molecule has 0 fully saturated rings. The van der Waals surface area contributed by atoms with Gasteiger partial charge < -0.3 is 20.3 Å². The minimum atomic E-state index is -0.450. The highest BCUT2D eigenvalue weighted by Crippen LogP contribution is 2.30. The average molecular weight is 432 g/mol. The van der Waals surface area contributed by atoms with Gasteiger partial charge in [-0.25, -0.2) is 9.36 Å². The Hall–Kier alpha value is -3.27. The zero-order chi connectivity index (χ0) is 22.0. The fourth-order valence-electron chi connectivity index (χ4n) is 3.15. The van der Waals surface area contributed by atoms with Gasteiger partial charge in [-0.05, 0) is 17.9 Å². The third kappa shape index (κ3) is 4.04. The lowest BCUT2D eigenvalue weighted by Crippen LogP contribution is -2.38. The Morgan fingerprint density at radius 1 is 1.10 bits per heavy atom. The minimum absolute atomic E-state index is 0.00667. The Kier molecular flexibility index (Phi) is 6.16. The van der Waals surface area contributed by atoms with Crippen LogP contribution in [0.15, 0.2) is 44.2 Å². The highest BCUT2D eigenvalue weighted by molar-refractivity contribution is 7.10. The molecule has 10 heteroatoms. The highest BCUT2D eigenvalue weighted by atomic mass is 32.1. The topological polar surface area (TPSA) is 110 Å². The van der Waals surface area contributed by atoms with E-state index in [-0.39, 0.29) is 34.4 Å². The molecule has 0 spiro atoms. The van der Waals surface area contributed by atoms with E-state index in [1.807, 2.05) is 24.4 Å². The monoisotopic (exact) mass is 431 g/mol. The molecule has 0 radical (unpaired) electrons. The van der Waals surface area contributed by atoms with Gasteiger partial charge in [-0.3, -0.25) is 14.4 Å². The second-order valence-corrected chi connectivity index (χ2v) is 8.03. The van der Waals surface area contributed by atoms with E-state index in [4.69, 9.17) is 0 Å². The number of nitrogens with zero attached hydrogens (tertiary/aromatic N) is 3. The number of rotatable bonds is 7. The molecular weight excluding hydrogens is 406 g/mol. The van der Waals surface area contributed by atoms with Crippen molar-refractivity contribution in [2.75, 3.05) is 10.6 Å². The van der Waals surface area contributed by atoms with Gasteiger partial charge in [0.05, 0.1) is 11.7 Å². The molecule has 0 aliphatic carbocycles. The summed E-state index contributed by atoms with van der Waals surface area (Å²) >= 11 is 1.57. The van der Waals surface area contributed by atoms with E-state index in [9.17, 15) is 19.5 Å². The molecule has 160 valence electrons. The third-order valence-corrected chi connectivity index (χ3v) is 5.95. The van der Waals surface area contributed by atoms with Gasteiger partial charge in [-0.15, -0.1) is 11.3 Å². The first-order valence-electron chi connectivity index (χ1n) is 9.51. The molecule has 1 atom stereocenters. The minimum Gasteiger partial charge on any atom is -0.506 e. The molecule has 0 aromatic carbocycles. The summed E-state index contributed by atoms with van der Waals surface area (Å²) in [6.45, 7) is 2.05. The summed E-state index contributed by atoms with van der Waals surface area (Å²) in [6.07, 6.45) is 3.02. The van der Waals surface area contributed by atoms with Crippen LogP contribution in [-0.4, -0.2) is 19.0 Å². The van der Waals surface area contributed by atoms with Gasteiger partial charge >= 0.3 is 0 Å². The van der Waals surface area contributed by atoms with E-state index < -0.39 is 11.1 Å². The summed E-state index contributed by atoms with van der Waals surface area (Å²) < 4.78 is 3.69. The molecule has 0 aliphatic heterocycles. The second kappa shape index (κ2) is 8.62. The molecule has 3 aromatic heterocycles. The molecule has 30 heavy (non-hydrogen) atoms. The standard InChI is InChI=1S/C20H25N5O4S/c1-5-7-12(15-8-6-9-30-15)21-17-18(20(29)25(4)24(3)19(17)28)22-13-11-23(2)16(27)10-14(13)26/h6,8-12,21-22,26H,5,7H2,1-4H3/t12-/m1/s1. The van der Waals surface area contributed by atoms with Gasteiger partial charge in [-0.1, -0.05) is 19.4 Å². The largest absolute Gasteiger partial charge is 0.506 e. The van der Waals surface area contributed by atoms with Gasteiger partial charge in [0, 0.05) is 38.3 Å². The van der Waals surface area contributed by atoms with Crippen molar-refractivity contribution in [1.29, 1.82) is 0 Å². The number of aromatic hydroxyl groups is 1. The first kappa shape index (κ1) is 21.4. The summed E-state index contributed by atoms with van der Waals surface area (Å²) in [7, 11) is 4.53. The van der Waals surface area contributed by atoms with Crippen LogP contribution in [0.1, 0.15) is 30.7 Å². The van der Waals surface area contributed by atoms with Gasteiger partial charge in [0.2, 0.25) is 0 Å². The third-order valence-electron chi connectivity index (χ3n) is 4.96. The van der Waals surface area contributed by atoms with Crippen LogP contribution >= 0.6 is 11.3 Å². The predicted molar refractivity (Wildman–Crippen MR) is 119 cm³/mol. The van der Waals surface area contributed by atoms with Crippen LogP contribution in [0.2, 0.25) is 0 Å². The number of anilines is 3. The molecule has 3 aromatic rings. The predicted octanol–water partition coefficient (Wildman–Crippen LogP) is 2.25. The van der Waals surface area contributed by atoms with E-state index in [1.54, 1.807) is 11.3 Å². The fraction of sp³-hybridized carbons (Fsp3) is 0.350. The number of aryl methyl sites for hydroxylation is 1. The number of hydrogen-bond donors (Lipinski definition) is 3. The van der Waals surface area contributed by atoms with Crippen molar-refractivity contribution in [3.8, 4) is 5.75 Å². The molecule has 3 rings (SSSR count). The van der Waals surface area contributed by atoms with Gasteiger partial charge in [0.25, 0.3) is 16.7 Å². The van der Waals surface area contributed by atoms with Crippen molar-refractivity contribution >= 4 is 28.4 Å². The molecule has 0 saturated heterocycles. The Morgan fingerprint density at radius 2 is 1.77 bits per heavy atom. The molecule has 3 N–H and O–H groups in total. The van der Waals surface area contributed by atoms with E-state index >= 15 is 0 Å². The van der Waals surface area contributed by atoms with Crippen LogP contribution in [0.3, 0.4) is 0 Å². The zero-order valence-corrected chi connectivity index (χ0v) is 18.1. The SMILES string of the molecule is CCC[C@@H](Nc1c(Nc2cn(C)c(=O)cc2O)c(=O)n(C)n(C)c1=O)c1cccs1. The maximum absolute atomic E-state index is 13.1. The number of pyridine rings is 1.